The predicted molar refractivity (Wildman–Crippen MR) is 100 cm³/mol. The van der Waals surface area contributed by atoms with Crippen LogP contribution in [0.25, 0.3) is 22.2 Å². The molecule has 0 bridgehead atoms. The summed E-state index contributed by atoms with van der Waals surface area (Å²) in [7, 11) is 0. The van der Waals surface area contributed by atoms with Crippen molar-refractivity contribution in [3.8, 4) is 28.6 Å². The summed E-state index contributed by atoms with van der Waals surface area (Å²) in [5.41, 5.74) is 7.40. The van der Waals surface area contributed by atoms with Gasteiger partial charge in [-0.3, -0.25) is 0 Å². The van der Waals surface area contributed by atoms with Crippen molar-refractivity contribution in [2.24, 2.45) is 0 Å². The van der Waals surface area contributed by atoms with Crippen molar-refractivity contribution < 1.29 is 22.6 Å². The van der Waals surface area contributed by atoms with Crippen LogP contribution in [0.1, 0.15) is 0 Å². The smallest absolute Gasteiger partial charge is 0.437 e. The Kier molecular flexibility index (Phi) is 4.63. The molecule has 2 heterocycles. The van der Waals surface area contributed by atoms with E-state index in [2.05, 4.69) is 19.7 Å². The summed E-state index contributed by atoms with van der Waals surface area (Å²) in [6, 6.07) is 15.9. The summed E-state index contributed by atoms with van der Waals surface area (Å²) >= 11 is 0. The minimum atomic E-state index is -4.74. The number of halogens is 3. The predicted octanol–water partition coefficient (Wildman–Crippen LogP) is 4.96. The summed E-state index contributed by atoms with van der Waals surface area (Å²) in [5.74, 6) is 0.764. The van der Waals surface area contributed by atoms with E-state index in [1.807, 2.05) is 18.2 Å². The number of hydrogen-bond donors (Lipinski definition) is 1. The number of alkyl halides is 3. The van der Waals surface area contributed by atoms with Gasteiger partial charge >= 0.3 is 6.36 Å². The van der Waals surface area contributed by atoms with Crippen molar-refractivity contribution in [3.05, 3.63) is 67.0 Å². The maximum absolute atomic E-state index is 12.3. The maximum atomic E-state index is 12.3. The molecule has 6 nitrogen and oxygen atoms in total. The van der Waals surface area contributed by atoms with Crippen LogP contribution in [0.2, 0.25) is 0 Å². The molecule has 0 fully saturated rings. The molecule has 0 spiro atoms. The van der Waals surface area contributed by atoms with Crippen LogP contribution in [-0.2, 0) is 0 Å². The van der Waals surface area contributed by atoms with Gasteiger partial charge in [0.05, 0.1) is 5.69 Å². The van der Waals surface area contributed by atoms with Gasteiger partial charge < -0.3 is 15.2 Å². The van der Waals surface area contributed by atoms with Crippen molar-refractivity contribution in [1.82, 2.24) is 15.0 Å². The third-order valence-electron chi connectivity index (χ3n) is 3.94. The summed E-state index contributed by atoms with van der Waals surface area (Å²) in [4.78, 5) is 12.5. The lowest BCUT2D eigenvalue weighted by molar-refractivity contribution is -0.274. The molecule has 0 aliphatic heterocycles. The van der Waals surface area contributed by atoms with E-state index < -0.39 is 6.36 Å². The number of nitrogens with two attached hydrogens (primary N) is 1. The Morgan fingerprint density at radius 3 is 2.45 bits per heavy atom. The molecule has 4 aromatic rings. The summed E-state index contributed by atoms with van der Waals surface area (Å²) in [6.07, 6.45) is -3.44. The summed E-state index contributed by atoms with van der Waals surface area (Å²) in [5, 5.41) is 0.853. The van der Waals surface area contributed by atoms with Gasteiger partial charge in [0.25, 0.3) is 0 Å². The van der Waals surface area contributed by atoms with Crippen LogP contribution in [-0.4, -0.2) is 21.3 Å². The lowest BCUT2D eigenvalue weighted by Gasteiger charge is -2.10. The van der Waals surface area contributed by atoms with E-state index in [-0.39, 0.29) is 11.6 Å². The Balaban J connectivity index is 1.61. The zero-order valence-electron chi connectivity index (χ0n) is 14.7. The Morgan fingerprint density at radius 2 is 1.69 bits per heavy atom. The molecule has 0 aliphatic carbocycles. The van der Waals surface area contributed by atoms with E-state index in [0.29, 0.717) is 28.3 Å². The third kappa shape index (κ3) is 4.34. The number of hydrogen-bond acceptors (Lipinski definition) is 6. The highest BCUT2D eigenvalue weighted by Crippen LogP contribution is 2.30. The van der Waals surface area contributed by atoms with E-state index in [4.69, 9.17) is 10.5 Å². The molecule has 0 saturated heterocycles. The number of fused-ring (bicyclic) bond motifs is 1. The molecule has 4 rings (SSSR count). The second kappa shape index (κ2) is 7.27. The van der Waals surface area contributed by atoms with Crippen LogP contribution in [0, 0.1) is 0 Å². The molecular weight excluding hydrogens is 385 g/mol. The SMILES string of the molecule is Nc1ccc2cccc(Oc3cc(-c4ccc(OC(F)(F)F)cc4)ncn3)c2n1. The number of benzene rings is 2. The van der Waals surface area contributed by atoms with Gasteiger partial charge in [-0.15, -0.1) is 13.2 Å². The fourth-order valence-electron chi connectivity index (χ4n) is 2.71. The summed E-state index contributed by atoms with van der Waals surface area (Å²) in [6.45, 7) is 0. The number of para-hydroxylation sites is 1. The third-order valence-corrected chi connectivity index (χ3v) is 3.94. The zero-order valence-corrected chi connectivity index (χ0v) is 14.7. The molecule has 2 aromatic heterocycles. The van der Waals surface area contributed by atoms with E-state index >= 15 is 0 Å². The first-order valence-corrected chi connectivity index (χ1v) is 8.39. The lowest BCUT2D eigenvalue weighted by Crippen LogP contribution is -2.16. The number of ether oxygens (including phenoxy) is 2. The van der Waals surface area contributed by atoms with Crippen LogP contribution in [0.15, 0.2) is 67.0 Å². The molecule has 2 N–H and O–H groups in total. The molecule has 29 heavy (non-hydrogen) atoms. The largest absolute Gasteiger partial charge is 0.573 e. The van der Waals surface area contributed by atoms with E-state index in [1.165, 1.54) is 30.6 Å². The number of pyridine rings is 1. The second-order valence-electron chi connectivity index (χ2n) is 5.98. The molecule has 0 aliphatic rings. The molecule has 9 heteroatoms. The first kappa shape index (κ1) is 18.5. The van der Waals surface area contributed by atoms with Gasteiger partial charge in [0.2, 0.25) is 5.88 Å². The van der Waals surface area contributed by atoms with Crippen molar-refractivity contribution in [1.29, 1.82) is 0 Å². The first-order chi connectivity index (χ1) is 13.9. The van der Waals surface area contributed by atoms with Crippen molar-refractivity contribution in [2.45, 2.75) is 6.36 Å². The Bertz CT molecular complexity index is 1160. The molecule has 0 saturated carbocycles. The topological polar surface area (TPSA) is 83.2 Å². The fraction of sp³-hybridized carbons (Fsp3) is 0.0500. The molecule has 0 atom stereocenters. The minimum absolute atomic E-state index is 0.252. The van der Waals surface area contributed by atoms with Crippen LogP contribution in [0.5, 0.6) is 17.4 Å². The van der Waals surface area contributed by atoms with Gasteiger partial charge in [0.15, 0.2) is 5.75 Å². The normalized spacial score (nSPS) is 11.4. The molecule has 146 valence electrons. The molecule has 0 radical (unpaired) electrons. The minimum Gasteiger partial charge on any atom is -0.437 e. The molecule has 0 amide bonds. The van der Waals surface area contributed by atoms with Crippen molar-refractivity contribution in [3.63, 3.8) is 0 Å². The van der Waals surface area contributed by atoms with Crippen LogP contribution >= 0.6 is 0 Å². The highest BCUT2D eigenvalue weighted by Gasteiger charge is 2.31. The van der Waals surface area contributed by atoms with Crippen molar-refractivity contribution in [2.75, 3.05) is 5.73 Å². The number of rotatable bonds is 4. The lowest BCUT2D eigenvalue weighted by atomic mass is 10.1. The Labute approximate surface area is 162 Å². The van der Waals surface area contributed by atoms with Crippen LogP contribution < -0.4 is 15.2 Å². The molecule has 0 unspecified atom stereocenters. The Hall–Kier alpha value is -3.88. The van der Waals surface area contributed by atoms with Gasteiger partial charge in [-0.2, -0.15) is 0 Å². The summed E-state index contributed by atoms with van der Waals surface area (Å²) < 4.78 is 46.6. The van der Waals surface area contributed by atoms with Gasteiger partial charge in [-0.1, -0.05) is 12.1 Å². The number of anilines is 1. The second-order valence-corrected chi connectivity index (χ2v) is 5.98. The Morgan fingerprint density at radius 1 is 0.897 bits per heavy atom. The highest BCUT2D eigenvalue weighted by molar-refractivity contribution is 5.85. The van der Waals surface area contributed by atoms with Gasteiger partial charge in [-0.25, -0.2) is 15.0 Å². The van der Waals surface area contributed by atoms with Crippen LogP contribution in [0.4, 0.5) is 19.0 Å². The van der Waals surface area contributed by atoms with Gasteiger partial charge in [-0.05, 0) is 42.5 Å². The van der Waals surface area contributed by atoms with E-state index in [1.54, 1.807) is 18.2 Å². The zero-order chi connectivity index (χ0) is 20.4. The molecular formula is C20H13F3N4O2. The van der Waals surface area contributed by atoms with E-state index in [9.17, 15) is 13.2 Å². The highest BCUT2D eigenvalue weighted by atomic mass is 19.4. The number of nitrogens with zero attached hydrogens (tertiary/aromatic N) is 3. The number of aromatic nitrogens is 3. The fourth-order valence-corrected chi connectivity index (χ4v) is 2.71. The first-order valence-electron chi connectivity index (χ1n) is 8.39. The van der Waals surface area contributed by atoms with Gasteiger partial charge in [0, 0.05) is 17.0 Å². The number of nitrogen functional groups attached to an aromatic ring is 1. The van der Waals surface area contributed by atoms with Gasteiger partial charge in [0.1, 0.15) is 23.4 Å². The molecule has 2 aromatic carbocycles. The standard InChI is InChI=1S/C20H13F3N4O2/c21-20(22,23)29-14-7-4-12(5-8-14)15-10-18(26-11-25-15)28-16-3-1-2-13-6-9-17(24)27-19(13)16/h1-11H,(H2,24,27). The van der Waals surface area contributed by atoms with Crippen LogP contribution in [0.3, 0.4) is 0 Å². The maximum Gasteiger partial charge on any atom is 0.573 e. The average Bonchev–Trinajstić information content (AvgIpc) is 2.68. The quantitative estimate of drug-likeness (QED) is 0.523. The van der Waals surface area contributed by atoms with E-state index in [0.717, 1.165) is 5.39 Å². The monoisotopic (exact) mass is 398 g/mol. The van der Waals surface area contributed by atoms with Crippen molar-refractivity contribution >= 4 is 16.7 Å². The average molecular weight is 398 g/mol.